The molecule has 0 unspecified atom stereocenters. The molecule has 0 spiro atoms. The first kappa shape index (κ1) is 53.7. The van der Waals surface area contributed by atoms with Gasteiger partial charge in [0.1, 0.15) is 0 Å². The number of alkyl halides is 9. The molecule has 25 heteroatoms. The van der Waals surface area contributed by atoms with Gasteiger partial charge in [0.2, 0.25) is 0 Å². The molecule has 61 heavy (non-hydrogen) atoms. The number of rotatable bonds is 5. The lowest BCUT2D eigenvalue weighted by Gasteiger charge is -2.10. The van der Waals surface area contributed by atoms with Crippen LogP contribution in [0.25, 0.3) is 11.4 Å². The number of hydrogen-bond acceptors (Lipinski definition) is 10. The number of nitrogens with zero attached hydrogens (tertiary/aromatic N) is 8. The molecule has 0 amide bonds. The van der Waals surface area contributed by atoms with E-state index in [-0.39, 0.29) is 45.8 Å². The molecule has 16 nitrogen and oxygen atoms in total. The molecule has 0 bridgehead atoms. The van der Waals surface area contributed by atoms with Crippen LogP contribution < -0.4 is 5.73 Å². The number of non-ortho nitro benzene ring substituents is 3. The summed E-state index contributed by atoms with van der Waals surface area (Å²) in [6.07, 6.45) is -4.60. The minimum atomic E-state index is -4.86. The largest absolute Gasteiger partial charge is 0.416 e. The minimum Gasteiger partial charge on any atom is -0.399 e. The van der Waals surface area contributed by atoms with Crippen LogP contribution in [0.2, 0.25) is 0 Å². The predicted octanol–water partition coefficient (Wildman–Crippen LogP) is 11.0. The first-order valence-corrected chi connectivity index (χ1v) is 15.6. The minimum absolute atomic E-state index is 0. The number of aryl methyl sites for hydroxylation is 3. The Hall–Kier alpha value is -7.34. The number of nitro groups is 3. The topological polar surface area (TPSA) is 220 Å². The standard InChI is InChI=1S/C11H8F3N3O2.C11H10F3N3.C7H3F3N2O4.C4H6N2.3CH4/c1-7-5-16(6-15-7)9-2-8(11(12,13)14)3-10(4-9)17(18)19;1-7-5-17(6-16-7)10-3-8(11(12,13)14)2-9(15)4-10;8-7(9,10)4-1-5(11(13)14)3-6(2-4)12(15)16;1-4-2-5-3-6-4;;;/h2-6H,1H3;2-6H,15H2,1H3;1-3H;2-3H,1H3,(H,5,6);3*1H4. The Balaban J connectivity index is 0.000000810. The number of anilines is 1. The highest BCUT2D eigenvalue weighted by atomic mass is 19.4. The van der Waals surface area contributed by atoms with E-state index in [1.165, 1.54) is 34.1 Å². The van der Waals surface area contributed by atoms with Gasteiger partial charge in [0.15, 0.2) is 0 Å². The lowest BCUT2D eigenvalue weighted by molar-refractivity contribution is -0.394. The van der Waals surface area contributed by atoms with Crippen molar-refractivity contribution in [3.8, 4) is 11.4 Å². The summed E-state index contributed by atoms with van der Waals surface area (Å²) in [7, 11) is 0. The van der Waals surface area contributed by atoms with E-state index < -0.39 is 67.1 Å². The van der Waals surface area contributed by atoms with E-state index in [2.05, 4.69) is 19.9 Å². The van der Waals surface area contributed by atoms with E-state index in [9.17, 15) is 69.9 Å². The van der Waals surface area contributed by atoms with Crippen LogP contribution >= 0.6 is 0 Å². The monoisotopic (exact) mass is 878 g/mol. The number of hydrogen-bond donors (Lipinski definition) is 2. The number of nitrogens with two attached hydrogens (primary N) is 1. The van der Waals surface area contributed by atoms with Gasteiger partial charge in [-0.3, -0.25) is 30.3 Å². The van der Waals surface area contributed by atoms with Crippen molar-refractivity contribution in [2.24, 2.45) is 0 Å². The smallest absolute Gasteiger partial charge is 0.399 e. The van der Waals surface area contributed by atoms with Crippen molar-refractivity contribution >= 4 is 22.7 Å². The third-order valence-corrected chi connectivity index (χ3v) is 7.01. The Morgan fingerprint density at radius 2 is 0.934 bits per heavy atom. The normalized spacial score (nSPS) is 10.7. The molecule has 0 aliphatic rings. The lowest BCUT2D eigenvalue weighted by Crippen LogP contribution is -2.07. The second-order valence-electron chi connectivity index (χ2n) is 11.6. The Morgan fingerprint density at radius 1 is 0.574 bits per heavy atom. The molecule has 3 heterocycles. The summed E-state index contributed by atoms with van der Waals surface area (Å²) < 4.78 is 115. The molecule has 0 fully saturated rings. The van der Waals surface area contributed by atoms with Crippen molar-refractivity contribution in [3.05, 3.63) is 156 Å². The number of halogens is 9. The molecule has 0 aliphatic heterocycles. The average molecular weight is 879 g/mol. The van der Waals surface area contributed by atoms with Crippen LogP contribution in [0.15, 0.2) is 92.2 Å². The average Bonchev–Trinajstić information content (AvgIpc) is 3.90. The molecule has 3 N–H and O–H groups in total. The Kier molecular flexibility index (Phi) is 19.0. The molecular formula is C36H39F9N10O6. The van der Waals surface area contributed by atoms with Crippen LogP contribution in [0, 0.1) is 51.1 Å². The van der Waals surface area contributed by atoms with E-state index in [1.807, 2.05) is 6.92 Å². The van der Waals surface area contributed by atoms with Crippen molar-refractivity contribution in [3.63, 3.8) is 0 Å². The van der Waals surface area contributed by atoms with E-state index in [0.29, 0.717) is 23.5 Å². The molecular weight excluding hydrogens is 839 g/mol. The molecule has 6 aromatic rings. The predicted molar refractivity (Wildman–Crippen MR) is 206 cm³/mol. The number of aromatic amines is 1. The van der Waals surface area contributed by atoms with Crippen LogP contribution in [0.4, 0.5) is 62.3 Å². The zero-order valence-electron chi connectivity index (χ0n) is 29.7. The van der Waals surface area contributed by atoms with E-state index in [4.69, 9.17) is 5.73 Å². The van der Waals surface area contributed by atoms with Gasteiger partial charge in [-0.2, -0.15) is 39.5 Å². The van der Waals surface area contributed by atoms with Crippen LogP contribution in [0.3, 0.4) is 0 Å². The van der Waals surface area contributed by atoms with Crippen molar-refractivity contribution in [1.29, 1.82) is 0 Å². The van der Waals surface area contributed by atoms with Crippen LogP contribution in [-0.2, 0) is 18.5 Å². The number of nitro benzene ring substituents is 3. The molecule has 0 aliphatic carbocycles. The molecule has 0 saturated heterocycles. The Bertz CT molecular complexity index is 2340. The second-order valence-corrected chi connectivity index (χ2v) is 11.6. The maximum Gasteiger partial charge on any atom is 0.416 e. The number of benzene rings is 3. The van der Waals surface area contributed by atoms with Crippen LogP contribution in [0.1, 0.15) is 56.1 Å². The molecule has 0 atom stereocenters. The van der Waals surface area contributed by atoms with Gasteiger partial charge in [-0.1, -0.05) is 22.3 Å². The zero-order chi connectivity index (χ0) is 43.7. The first-order valence-electron chi connectivity index (χ1n) is 15.6. The van der Waals surface area contributed by atoms with Gasteiger partial charge in [-0.15, -0.1) is 0 Å². The van der Waals surface area contributed by atoms with Gasteiger partial charge in [0, 0.05) is 59.9 Å². The molecule has 3 aromatic heterocycles. The fourth-order valence-corrected chi connectivity index (χ4v) is 4.38. The number of aromatic nitrogens is 6. The highest BCUT2D eigenvalue weighted by Gasteiger charge is 2.35. The summed E-state index contributed by atoms with van der Waals surface area (Å²) in [6.45, 7) is 5.39. The summed E-state index contributed by atoms with van der Waals surface area (Å²) in [5.74, 6) is 0. The number of nitrogens with one attached hydrogen (secondary N) is 1. The summed E-state index contributed by atoms with van der Waals surface area (Å²) >= 11 is 0. The molecule has 6 rings (SSSR count). The van der Waals surface area contributed by atoms with Gasteiger partial charge in [0.05, 0.1) is 73.6 Å². The number of imidazole rings is 3. The number of H-pyrrole nitrogens is 1. The molecule has 0 saturated carbocycles. The molecule has 332 valence electrons. The first-order chi connectivity index (χ1) is 26.7. The van der Waals surface area contributed by atoms with Crippen molar-refractivity contribution in [1.82, 2.24) is 29.1 Å². The third-order valence-electron chi connectivity index (χ3n) is 7.01. The van der Waals surface area contributed by atoms with Gasteiger partial charge in [0.25, 0.3) is 17.1 Å². The maximum absolute atomic E-state index is 12.7. The second kappa shape index (κ2) is 21.6. The fourth-order valence-electron chi connectivity index (χ4n) is 4.38. The third kappa shape index (κ3) is 16.1. The highest BCUT2D eigenvalue weighted by Crippen LogP contribution is 2.36. The number of nitrogen functional groups attached to an aromatic ring is 1. The lowest BCUT2D eigenvalue weighted by atomic mass is 10.1. The van der Waals surface area contributed by atoms with Crippen molar-refractivity contribution < 1.29 is 54.3 Å². The summed E-state index contributed by atoms with van der Waals surface area (Å²) in [4.78, 5) is 42.6. The fraction of sp³-hybridized carbons (Fsp3) is 0.250. The van der Waals surface area contributed by atoms with Crippen LogP contribution in [0.5, 0.6) is 0 Å². The summed E-state index contributed by atoms with van der Waals surface area (Å²) in [5.41, 5.74) is 2.54. The van der Waals surface area contributed by atoms with Gasteiger partial charge in [-0.25, -0.2) is 15.0 Å². The summed E-state index contributed by atoms with van der Waals surface area (Å²) in [6, 6.07) is 6.79. The van der Waals surface area contributed by atoms with E-state index >= 15 is 0 Å². The van der Waals surface area contributed by atoms with Crippen molar-refractivity contribution in [2.75, 3.05) is 5.73 Å². The van der Waals surface area contributed by atoms with Gasteiger partial charge >= 0.3 is 18.5 Å². The van der Waals surface area contributed by atoms with Crippen molar-refractivity contribution in [2.45, 2.75) is 61.6 Å². The molecule has 0 radical (unpaired) electrons. The van der Waals surface area contributed by atoms with E-state index in [1.54, 1.807) is 32.6 Å². The SMILES string of the molecule is C.C.C.Cc1cn(-c2cc(N)cc(C(F)(F)F)c2)cn1.Cc1cn(-c2cc([N+](=O)[O-])cc(C(F)(F)F)c2)cn1.Cc1cnc[nH]1.O=[N+]([O-])c1cc([N+](=O)[O-])cc(C(F)(F)F)c1. The quantitative estimate of drug-likeness (QED) is 0.0722. The highest BCUT2D eigenvalue weighted by molar-refractivity contribution is 5.52. The Morgan fingerprint density at radius 3 is 1.23 bits per heavy atom. The van der Waals surface area contributed by atoms with Gasteiger partial charge in [-0.05, 0) is 45.0 Å². The van der Waals surface area contributed by atoms with Gasteiger partial charge < -0.3 is 19.9 Å². The molecule has 3 aromatic carbocycles. The Labute approximate surface area is 341 Å². The summed E-state index contributed by atoms with van der Waals surface area (Å²) in [5, 5.41) is 31.2. The maximum atomic E-state index is 12.7. The zero-order valence-corrected chi connectivity index (χ0v) is 29.7. The van der Waals surface area contributed by atoms with E-state index in [0.717, 1.165) is 35.7 Å². The van der Waals surface area contributed by atoms with Crippen LogP contribution in [-0.4, -0.2) is 43.8 Å².